The van der Waals surface area contributed by atoms with Gasteiger partial charge in [0.05, 0.1) is 0 Å². The molecule has 2 aliphatic rings. The molecular formula is C15H24O5. The van der Waals surface area contributed by atoms with Gasteiger partial charge >= 0.3 is 5.97 Å². The maximum atomic E-state index is 11.8. The zero-order chi connectivity index (χ0) is 14.9. The van der Waals surface area contributed by atoms with E-state index in [2.05, 4.69) is 26.8 Å². The summed E-state index contributed by atoms with van der Waals surface area (Å²) in [5, 5.41) is 0. The first-order valence-corrected chi connectivity index (χ1v) is 7.04. The highest BCUT2D eigenvalue weighted by Gasteiger charge is 2.46. The van der Waals surface area contributed by atoms with E-state index < -0.39 is 12.2 Å². The Hall–Kier alpha value is -0.910. The third-order valence-electron chi connectivity index (χ3n) is 3.44. The average Bonchev–Trinajstić information content (AvgIpc) is 2.35. The number of ether oxygens (including phenoxy) is 4. The molecule has 0 aromatic carbocycles. The van der Waals surface area contributed by atoms with Crippen molar-refractivity contribution in [1.29, 1.82) is 0 Å². The van der Waals surface area contributed by atoms with Crippen LogP contribution in [0.2, 0.25) is 0 Å². The van der Waals surface area contributed by atoms with Gasteiger partial charge in [-0.25, -0.2) is 4.79 Å². The molecule has 5 atom stereocenters. The van der Waals surface area contributed by atoms with Crippen LogP contribution >= 0.6 is 0 Å². The summed E-state index contributed by atoms with van der Waals surface area (Å²) in [6, 6.07) is 0. The van der Waals surface area contributed by atoms with E-state index in [0.717, 1.165) is 0 Å². The van der Waals surface area contributed by atoms with Gasteiger partial charge in [-0.1, -0.05) is 32.9 Å². The van der Waals surface area contributed by atoms with Gasteiger partial charge < -0.3 is 18.9 Å². The van der Waals surface area contributed by atoms with E-state index in [1.54, 1.807) is 0 Å². The number of carbonyl (C=O) groups excluding carboxylic acids is 1. The van der Waals surface area contributed by atoms with Gasteiger partial charge in [0.2, 0.25) is 0 Å². The Kier molecular flexibility index (Phi) is 4.52. The van der Waals surface area contributed by atoms with E-state index in [-0.39, 0.29) is 29.9 Å². The first-order chi connectivity index (χ1) is 9.30. The molecule has 1 unspecified atom stereocenters. The number of methoxy groups -OCH3 is 1. The number of allylic oxidation sites excluding steroid dienone is 1. The van der Waals surface area contributed by atoms with Crippen LogP contribution in [-0.4, -0.2) is 43.8 Å². The molecule has 0 saturated carbocycles. The Bertz CT molecular complexity index is 384. The van der Waals surface area contributed by atoms with E-state index in [9.17, 15) is 4.79 Å². The number of fused-ring (bicyclic) bond motifs is 1. The van der Waals surface area contributed by atoms with Crippen LogP contribution in [0.4, 0.5) is 0 Å². The van der Waals surface area contributed by atoms with Crippen molar-refractivity contribution in [1.82, 2.24) is 0 Å². The summed E-state index contributed by atoms with van der Waals surface area (Å²) < 4.78 is 22.0. The molecule has 2 rings (SSSR count). The molecule has 0 bridgehead atoms. The standard InChI is InChI=1S/C15H24O5/c1-9-18-10(6-7-15(2,3)4)13-11(19-9)8-12(17-5)14(16)20-13/h6-7,9-13H,8H2,1-5H3/b7-6+/t9?,10-,11+,12-,13+/m1/s1. The molecule has 0 N–H and O–H groups in total. The van der Waals surface area contributed by atoms with Crippen LogP contribution in [0.25, 0.3) is 0 Å². The number of carbonyl (C=O) groups is 1. The number of hydrogen-bond donors (Lipinski definition) is 0. The minimum Gasteiger partial charge on any atom is -0.455 e. The lowest BCUT2D eigenvalue weighted by Gasteiger charge is -2.43. The van der Waals surface area contributed by atoms with Crippen molar-refractivity contribution in [3.8, 4) is 0 Å². The Morgan fingerprint density at radius 2 is 2.00 bits per heavy atom. The third kappa shape index (κ3) is 3.59. The topological polar surface area (TPSA) is 54.0 Å². The maximum absolute atomic E-state index is 11.8. The molecule has 5 nitrogen and oxygen atoms in total. The maximum Gasteiger partial charge on any atom is 0.335 e. The molecule has 0 radical (unpaired) electrons. The van der Waals surface area contributed by atoms with Crippen molar-refractivity contribution in [3.05, 3.63) is 12.2 Å². The second-order valence-electron chi connectivity index (χ2n) is 6.43. The Balaban J connectivity index is 2.13. The molecule has 0 aromatic heterocycles. The molecule has 0 aliphatic carbocycles. The third-order valence-corrected chi connectivity index (χ3v) is 3.44. The molecule has 2 heterocycles. The molecule has 0 spiro atoms. The van der Waals surface area contributed by atoms with E-state index in [1.165, 1.54) is 7.11 Å². The van der Waals surface area contributed by atoms with Gasteiger partial charge in [-0.2, -0.15) is 0 Å². The highest BCUT2D eigenvalue weighted by Crippen LogP contribution is 2.31. The fourth-order valence-corrected chi connectivity index (χ4v) is 2.45. The predicted molar refractivity (Wildman–Crippen MR) is 73.1 cm³/mol. The molecular weight excluding hydrogens is 260 g/mol. The van der Waals surface area contributed by atoms with Gasteiger partial charge in [0.15, 0.2) is 18.5 Å². The molecule has 2 fully saturated rings. The fourth-order valence-electron chi connectivity index (χ4n) is 2.45. The van der Waals surface area contributed by atoms with Crippen molar-refractivity contribution in [2.45, 2.75) is 64.8 Å². The normalized spacial score (nSPS) is 38.6. The van der Waals surface area contributed by atoms with Gasteiger partial charge in [-0.3, -0.25) is 0 Å². The van der Waals surface area contributed by atoms with Crippen molar-refractivity contribution < 1.29 is 23.7 Å². The zero-order valence-corrected chi connectivity index (χ0v) is 12.8. The minimum absolute atomic E-state index is 0.0497. The van der Waals surface area contributed by atoms with Crippen LogP contribution in [0.5, 0.6) is 0 Å². The van der Waals surface area contributed by atoms with Crippen LogP contribution in [0.1, 0.15) is 34.1 Å². The smallest absolute Gasteiger partial charge is 0.335 e. The summed E-state index contributed by atoms with van der Waals surface area (Å²) in [7, 11) is 1.51. The quantitative estimate of drug-likeness (QED) is 0.574. The summed E-state index contributed by atoms with van der Waals surface area (Å²) >= 11 is 0. The fraction of sp³-hybridized carbons (Fsp3) is 0.800. The van der Waals surface area contributed by atoms with Gasteiger partial charge in [-0.05, 0) is 12.3 Å². The van der Waals surface area contributed by atoms with Gasteiger partial charge in [0.25, 0.3) is 0 Å². The van der Waals surface area contributed by atoms with E-state index in [0.29, 0.717) is 6.42 Å². The van der Waals surface area contributed by atoms with Crippen LogP contribution in [-0.2, 0) is 23.7 Å². The molecule has 114 valence electrons. The summed E-state index contributed by atoms with van der Waals surface area (Å²) in [5.41, 5.74) is 0.0497. The van der Waals surface area contributed by atoms with Gasteiger partial charge in [0.1, 0.15) is 12.2 Å². The van der Waals surface area contributed by atoms with Crippen molar-refractivity contribution >= 4 is 5.97 Å². The Morgan fingerprint density at radius 3 is 2.60 bits per heavy atom. The van der Waals surface area contributed by atoms with Gasteiger partial charge in [-0.15, -0.1) is 0 Å². The Morgan fingerprint density at radius 1 is 1.30 bits per heavy atom. The van der Waals surface area contributed by atoms with E-state index in [4.69, 9.17) is 18.9 Å². The summed E-state index contributed by atoms with van der Waals surface area (Å²) in [6.45, 7) is 8.18. The van der Waals surface area contributed by atoms with Crippen molar-refractivity contribution in [2.24, 2.45) is 5.41 Å². The van der Waals surface area contributed by atoms with E-state index in [1.807, 2.05) is 13.0 Å². The second kappa shape index (κ2) is 5.84. The van der Waals surface area contributed by atoms with E-state index >= 15 is 0 Å². The molecule has 2 saturated heterocycles. The molecule has 5 heteroatoms. The lowest BCUT2D eigenvalue weighted by molar-refractivity contribution is -0.288. The monoisotopic (exact) mass is 284 g/mol. The minimum atomic E-state index is -0.547. The molecule has 0 aromatic rings. The summed E-state index contributed by atoms with van der Waals surface area (Å²) in [4.78, 5) is 11.8. The first kappa shape index (κ1) is 15.5. The zero-order valence-electron chi connectivity index (χ0n) is 12.8. The Labute approximate surface area is 120 Å². The van der Waals surface area contributed by atoms with Crippen LogP contribution in [0.15, 0.2) is 12.2 Å². The number of hydrogen-bond acceptors (Lipinski definition) is 5. The van der Waals surface area contributed by atoms with Gasteiger partial charge in [0, 0.05) is 13.5 Å². The predicted octanol–water partition coefficient (Wildman–Crippen LogP) is 2.05. The number of esters is 1. The largest absolute Gasteiger partial charge is 0.455 e. The van der Waals surface area contributed by atoms with Crippen LogP contribution < -0.4 is 0 Å². The molecule has 0 amide bonds. The van der Waals surface area contributed by atoms with Crippen molar-refractivity contribution in [2.75, 3.05) is 7.11 Å². The molecule has 20 heavy (non-hydrogen) atoms. The van der Waals surface area contributed by atoms with Crippen LogP contribution in [0.3, 0.4) is 0 Å². The average molecular weight is 284 g/mol. The van der Waals surface area contributed by atoms with Crippen LogP contribution in [0, 0.1) is 5.41 Å². The second-order valence-corrected chi connectivity index (χ2v) is 6.43. The summed E-state index contributed by atoms with van der Waals surface area (Å²) in [6.07, 6.45) is 2.83. The lowest BCUT2D eigenvalue weighted by Crippen LogP contribution is -2.56. The lowest BCUT2D eigenvalue weighted by atomic mass is 9.92. The first-order valence-electron chi connectivity index (χ1n) is 7.04. The number of rotatable bonds is 2. The highest BCUT2D eigenvalue weighted by molar-refractivity contribution is 5.76. The SMILES string of the molecule is CO[C@@H]1C[C@@H]2OC(C)O[C@H](/C=C/C(C)(C)C)[C@@H]2OC1=O. The molecule has 2 aliphatic heterocycles. The van der Waals surface area contributed by atoms with Crippen molar-refractivity contribution in [3.63, 3.8) is 0 Å². The highest BCUT2D eigenvalue weighted by atomic mass is 16.7. The summed E-state index contributed by atoms with van der Waals surface area (Å²) in [5.74, 6) is -0.343.